The van der Waals surface area contributed by atoms with Gasteiger partial charge in [-0.3, -0.25) is 10.5 Å². The van der Waals surface area contributed by atoms with E-state index in [0.29, 0.717) is 43.9 Å². The van der Waals surface area contributed by atoms with Crippen LogP contribution in [0.2, 0.25) is 0 Å². The van der Waals surface area contributed by atoms with Gasteiger partial charge in [-0.2, -0.15) is 0 Å². The molecule has 0 aromatic carbocycles. The second kappa shape index (κ2) is 14.0. The summed E-state index contributed by atoms with van der Waals surface area (Å²) in [7, 11) is 0. The molecule has 2 saturated heterocycles. The lowest BCUT2D eigenvalue weighted by molar-refractivity contribution is -0.703. The van der Waals surface area contributed by atoms with E-state index < -0.39 is 58.3 Å². The molecular weight excluding hydrogens is 672 g/mol. The molecule has 8 aliphatic rings. The van der Waals surface area contributed by atoms with Gasteiger partial charge in [0.15, 0.2) is 5.78 Å². The molecule has 10 heteroatoms. The van der Waals surface area contributed by atoms with Gasteiger partial charge in [0.1, 0.15) is 12.3 Å². The molecule has 1 spiro atoms. The van der Waals surface area contributed by atoms with Gasteiger partial charge in [-0.05, 0) is 124 Å². The number of aliphatic hydroxyl groups excluding tert-OH is 4. The number of nitrogens with two attached hydrogens (primary N) is 2. The minimum Gasteiger partial charge on any atom is -0.396 e. The second-order valence-electron chi connectivity index (χ2n) is 19.9. The largest absolute Gasteiger partial charge is 0.396 e. The first-order valence-electron chi connectivity index (χ1n) is 21.5. The number of aliphatic hydroxyl groups is 6. The average molecular weight is 742 g/mol. The number of ketones is 1. The Bertz CT molecular complexity index is 1440. The molecule has 0 radical (unpaired) electrons. The SMILES string of the molecule is CCC[C@H]1CC[C@@H]2[C@H](CO)[C@H]([C@@H](O)[C@](C)(O)[C@@H]3CC[C@]4(O)C5=CC(=O)[C@@H]6C[C@@H](O)[C@@H](O)C[C@@]67C[C@@H](C6CCC(N)[NH2+]C6)C=C[C@@H](C[C@]34C)[C@@H]57)O[C@@H]2CC1. The van der Waals surface area contributed by atoms with Crippen molar-refractivity contribution in [1.29, 1.82) is 0 Å². The summed E-state index contributed by atoms with van der Waals surface area (Å²) >= 11 is 0. The number of allylic oxidation sites excluding steroid dienone is 3. The molecule has 2 heterocycles. The van der Waals surface area contributed by atoms with Crippen LogP contribution in [0, 0.1) is 64.1 Å². The smallest absolute Gasteiger partial charge is 0.159 e. The molecule has 0 aromatic heterocycles. The fourth-order valence-electron chi connectivity index (χ4n) is 14.7. The third kappa shape index (κ3) is 5.93. The minimum absolute atomic E-state index is 0.0514. The Labute approximate surface area is 316 Å². The molecule has 19 atom stereocenters. The van der Waals surface area contributed by atoms with Crippen molar-refractivity contribution in [3.05, 3.63) is 23.8 Å². The average Bonchev–Trinajstić information content (AvgIpc) is 3.46. The van der Waals surface area contributed by atoms with Crippen LogP contribution in [-0.2, 0) is 9.53 Å². The van der Waals surface area contributed by atoms with Crippen LogP contribution in [0.3, 0.4) is 0 Å². The third-order valence-corrected chi connectivity index (χ3v) is 17.4. The van der Waals surface area contributed by atoms with Gasteiger partial charge >= 0.3 is 0 Å². The van der Waals surface area contributed by atoms with E-state index in [1.165, 1.54) is 6.42 Å². The summed E-state index contributed by atoms with van der Waals surface area (Å²) in [5.41, 5.74) is 2.46. The van der Waals surface area contributed by atoms with Gasteiger partial charge in [0.05, 0.1) is 42.2 Å². The highest BCUT2D eigenvalue weighted by molar-refractivity contribution is 5.95. The Morgan fingerprint density at radius 2 is 1.79 bits per heavy atom. The maximum atomic E-state index is 14.4. The molecule has 0 aromatic rings. The molecule has 6 aliphatic carbocycles. The van der Waals surface area contributed by atoms with Crippen LogP contribution in [0.15, 0.2) is 23.8 Å². The van der Waals surface area contributed by atoms with E-state index in [-0.39, 0.29) is 60.7 Å². The highest BCUT2D eigenvalue weighted by Gasteiger charge is 2.72. The van der Waals surface area contributed by atoms with Gasteiger partial charge in [-0.1, -0.05) is 45.3 Å². The maximum Gasteiger partial charge on any atom is 0.159 e. The number of carbonyl (C=O) groups is 1. The van der Waals surface area contributed by atoms with Crippen molar-refractivity contribution in [3.8, 4) is 0 Å². The summed E-state index contributed by atoms with van der Waals surface area (Å²) < 4.78 is 6.66. The van der Waals surface area contributed by atoms with E-state index >= 15 is 0 Å². The molecule has 53 heavy (non-hydrogen) atoms. The molecule has 8 rings (SSSR count). The van der Waals surface area contributed by atoms with E-state index in [9.17, 15) is 35.4 Å². The molecule has 2 unspecified atom stereocenters. The Hall–Kier alpha value is -1.21. The van der Waals surface area contributed by atoms with Crippen molar-refractivity contribution < 1.29 is 45.5 Å². The van der Waals surface area contributed by atoms with Crippen molar-refractivity contribution in [2.24, 2.45) is 69.8 Å². The zero-order chi connectivity index (χ0) is 37.7. The molecule has 0 amide bonds. The van der Waals surface area contributed by atoms with E-state index in [2.05, 4.69) is 31.3 Å². The number of carbonyl (C=O) groups excluding carboxylic acids is 1. The monoisotopic (exact) mass is 742 g/mol. The summed E-state index contributed by atoms with van der Waals surface area (Å²) in [5, 5.41) is 73.3. The highest BCUT2D eigenvalue weighted by Crippen LogP contribution is 2.72. The molecule has 6 fully saturated rings. The fraction of sp³-hybridized carbons (Fsp3) is 0.884. The van der Waals surface area contributed by atoms with Crippen LogP contribution in [0.4, 0.5) is 0 Å². The normalized spacial score (nSPS) is 52.6. The first kappa shape index (κ1) is 38.7. The first-order chi connectivity index (χ1) is 25.2. The zero-order valence-corrected chi connectivity index (χ0v) is 32.4. The molecule has 2 aliphatic heterocycles. The number of hydrogen-bond acceptors (Lipinski definition) is 9. The van der Waals surface area contributed by atoms with E-state index in [0.717, 1.165) is 57.1 Å². The molecule has 4 saturated carbocycles. The predicted octanol–water partition coefficient (Wildman–Crippen LogP) is 2.33. The highest BCUT2D eigenvalue weighted by atomic mass is 16.5. The lowest BCUT2D eigenvalue weighted by Gasteiger charge is -2.63. The lowest BCUT2D eigenvalue weighted by Crippen LogP contribution is -2.95. The summed E-state index contributed by atoms with van der Waals surface area (Å²) in [6, 6.07) is 0. The second-order valence-corrected chi connectivity index (χ2v) is 19.9. The Morgan fingerprint density at radius 3 is 2.51 bits per heavy atom. The van der Waals surface area contributed by atoms with Crippen molar-refractivity contribution in [3.63, 3.8) is 0 Å². The Kier molecular flexibility index (Phi) is 10.2. The molecule has 10 nitrogen and oxygen atoms in total. The van der Waals surface area contributed by atoms with Gasteiger partial charge in [-0.15, -0.1) is 0 Å². The molecule has 10 N–H and O–H groups in total. The quantitative estimate of drug-likeness (QED) is 0.181. The minimum atomic E-state index is -1.64. The third-order valence-electron chi connectivity index (χ3n) is 17.4. The van der Waals surface area contributed by atoms with Crippen molar-refractivity contribution in [2.45, 2.75) is 159 Å². The van der Waals surface area contributed by atoms with Crippen LogP contribution in [0.5, 0.6) is 0 Å². The Morgan fingerprint density at radius 1 is 1.04 bits per heavy atom. The predicted molar refractivity (Wildman–Crippen MR) is 199 cm³/mol. The number of quaternary nitrogens is 1. The topological polar surface area (TPSA) is 190 Å². The summed E-state index contributed by atoms with van der Waals surface area (Å²) in [6.07, 6.45) is 13.4. The van der Waals surface area contributed by atoms with Gasteiger partial charge < -0.3 is 40.7 Å². The van der Waals surface area contributed by atoms with E-state index in [1.807, 2.05) is 0 Å². The number of rotatable bonds is 7. The van der Waals surface area contributed by atoms with Crippen molar-refractivity contribution in [1.82, 2.24) is 0 Å². The van der Waals surface area contributed by atoms with E-state index in [1.54, 1.807) is 13.0 Å². The standard InChI is InChI=1S/C43H68N2O8/c1-4-5-23-6-11-27-28(22-46)38(53-34(27)12-7-23)39(50)41(3,51)35-14-15-43(52)30-17-31(47)29-16-32(48)33(49)20-42(29)19-24(26-10-13-36(44)45-21-26)8-9-25(37(30)42)18-40(35,43)2/h8-9,17,23-29,32-39,45-46,48-52H,4-7,10-16,18-22,44H2,1-3H3/p+1/t23-,24-,25-,26?,27+,28-,29-,32+,33-,34+,35+,36?,37-,38+,39+,40+,41+,42-,43-/m0/s1. The summed E-state index contributed by atoms with van der Waals surface area (Å²) in [5.74, 6) is -0.206. The number of ether oxygens (including phenoxy) is 1. The molecule has 0 bridgehead atoms. The molecular formula is C43H69N2O8+. The van der Waals surface area contributed by atoms with Gasteiger partial charge in [0, 0.05) is 36.2 Å². The summed E-state index contributed by atoms with van der Waals surface area (Å²) in [6.45, 7) is 6.77. The number of hydrogen-bond donors (Lipinski definition) is 8. The van der Waals surface area contributed by atoms with Crippen LogP contribution in [-0.4, -0.2) is 97.5 Å². The van der Waals surface area contributed by atoms with Crippen LogP contribution >= 0.6 is 0 Å². The van der Waals surface area contributed by atoms with Gasteiger partial charge in [0.25, 0.3) is 0 Å². The van der Waals surface area contributed by atoms with Crippen molar-refractivity contribution >= 4 is 5.78 Å². The number of piperidine rings is 1. The first-order valence-corrected chi connectivity index (χ1v) is 21.5. The van der Waals surface area contributed by atoms with Crippen LogP contribution < -0.4 is 11.1 Å². The lowest BCUT2D eigenvalue weighted by atomic mass is 9.42. The van der Waals surface area contributed by atoms with Gasteiger partial charge in [-0.25, -0.2) is 0 Å². The van der Waals surface area contributed by atoms with Crippen LogP contribution in [0.25, 0.3) is 0 Å². The zero-order valence-electron chi connectivity index (χ0n) is 32.4. The summed E-state index contributed by atoms with van der Waals surface area (Å²) in [4.78, 5) is 14.4. The maximum absolute atomic E-state index is 14.4. The van der Waals surface area contributed by atoms with Crippen LogP contribution in [0.1, 0.15) is 111 Å². The Balaban J connectivity index is 1.13. The van der Waals surface area contributed by atoms with Gasteiger partial charge in [0.2, 0.25) is 0 Å². The van der Waals surface area contributed by atoms with Crippen molar-refractivity contribution in [2.75, 3.05) is 13.2 Å². The molecule has 298 valence electrons. The number of fused-ring (bicyclic) bond motifs is 3. The fourth-order valence-corrected chi connectivity index (χ4v) is 14.7. The van der Waals surface area contributed by atoms with E-state index in [4.69, 9.17) is 10.5 Å².